The van der Waals surface area contributed by atoms with E-state index in [9.17, 15) is 44.7 Å². The molecule has 0 aliphatic carbocycles. The van der Waals surface area contributed by atoms with Gasteiger partial charge in [-0.15, -0.1) is 0 Å². The maximum absolute atomic E-state index is 14.6. The Kier molecular flexibility index (Phi) is 13.9. The van der Waals surface area contributed by atoms with Crippen LogP contribution < -0.4 is 20.6 Å². The Bertz CT molecular complexity index is 2530. The summed E-state index contributed by atoms with van der Waals surface area (Å²) in [6.07, 6.45) is -5.86. The van der Waals surface area contributed by atoms with Crippen LogP contribution in [0.25, 0.3) is 44.8 Å². The average molecular weight is 902 g/mol. The second-order valence-electron chi connectivity index (χ2n) is 11.9. The zero-order chi connectivity index (χ0) is 41.7. The lowest BCUT2D eigenvalue weighted by molar-refractivity contribution is 0.125. The van der Waals surface area contributed by atoms with Crippen molar-refractivity contribution in [1.82, 2.24) is 9.13 Å². The first-order valence-electron chi connectivity index (χ1n) is 16.4. The molecule has 6 nitrogen and oxygen atoms in total. The van der Waals surface area contributed by atoms with E-state index >= 15 is 0 Å². The van der Waals surface area contributed by atoms with Crippen molar-refractivity contribution in [2.24, 2.45) is 0 Å². The van der Waals surface area contributed by atoms with Gasteiger partial charge in [-0.25, -0.2) is 35.1 Å². The van der Waals surface area contributed by atoms with Crippen molar-refractivity contribution in [3.8, 4) is 56.3 Å². The molecule has 0 saturated carbocycles. The minimum Gasteiger partial charge on any atom is -0.497 e. The third-order valence-corrected chi connectivity index (χ3v) is 9.62. The van der Waals surface area contributed by atoms with E-state index in [0.29, 0.717) is 20.6 Å². The molecule has 0 fully saturated rings. The molecule has 0 N–H and O–H groups in total. The van der Waals surface area contributed by atoms with E-state index in [0.717, 1.165) is 42.5 Å². The zero-order valence-electron chi connectivity index (χ0n) is 29.4. The second-order valence-corrected chi connectivity index (χ2v) is 13.6. The number of nitrogens with zero attached hydrogens (tertiary/aromatic N) is 2. The van der Waals surface area contributed by atoms with Crippen molar-refractivity contribution >= 4 is 39.1 Å². The molecule has 0 spiro atoms. The van der Waals surface area contributed by atoms with Crippen molar-refractivity contribution in [2.75, 3.05) is 14.2 Å². The van der Waals surface area contributed by atoms with Crippen LogP contribution in [0.2, 0.25) is 10.0 Å². The van der Waals surface area contributed by atoms with Crippen LogP contribution in [0.1, 0.15) is 0 Å². The van der Waals surface area contributed by atoms with Gasteiger partial charge in [-0.3, -0.25) is 9.59 Å². The van der Waals surface area contributed by atoms with Gasteiger partial charge in [-0.2, -0.15) is 0 Å². The summed E-state index contributed by atoms with van der Waals surface area (Å²) in [5, 5.41) is 0.374. The van der Waals surface area contributed by atoms with Crippen LogP contribution in [0.5, 0.6) is 11.5 Å². The Labute approximate surface area is 337 Å². The maximum Gasteiger partial charge on any atom is 0.265 e. The topological polar surface area (TPSA) is 62.5 Å². The van der Waals surface area contributed by atoms with Crippen molar-refractivity contribution < 1.29 is 44.6 Å². The second kappa shape index (κ2) is 18.4. The van der Waals surface area contributed by atoms with Crippen molar-refractivity contribution in [3.63, 3.8) is 0 Å². The number of alkyl halides is 4. The number of halogens is 11. The molecule has 0 saturated heterocycles. The summed E-state index contributed by atoms with van der Waals surface area (Å²) >= 11 is 15.6. The highest BCUT2D eigenvalue weighted by Gasteiger charge is 2.26. The lowest BCUT2D eigenvalue weighted by atomic mass is 9.97. The fourth-order valence-electron chi connectivity index (χ4n) is 5.93. The van der Waals surface area contributed by atoms with Crippen LogP contribution in [-0.2, 0) is 13.1 Å². The molecule has 6 aromatic rings. The first-order chi connectivity index (χ1) is 27.1. The molecule has 0 unspecified atom stereocenters. The molecular formula is C40H27BrCl2F8N2O4. The fraction of sp³-hybridized carbons (Fsp3) is 0.150. The molecule has 0 radical (unpaired) electrons. The fourth-order valence-corrected chi connectivity index (χ4v) is 6.81. The summed E-state index contributed by atoms with van der Waals surface area (Å²) in [6, 6.07) is 19.0. The molecule has 6 rings (SSSR count). The summed E-state index contributed by atoms with van der Waals surface area (Å²) in [6.45, 7) is -2.09. The van der Waals surface area contributed by atoms with Crippen LogP contribution in [0.4, 0.5) is 35.1 Å². The normalized spacial score (nSPS) is 11.1. The van der Waals surface area contributed by atoms with Crippen LogP contribution >= 0.6 is 39.1 Å². The van der Waals surface area contributed by atoms with Gasteiger partial charge >= 0.3 is 0 Å². The summed E-state index contributed by atoms with van der Waals surface area (Å²) in [7, 11) is 2.83. The maximum atomic E-state index is 14.6. The number of pyridine rings is 2. The summed E-state index contributed by atoms with van der Waals surface area (Å²) in [5.41, 5.74) is -2.79. The molecule has 57 heavy (non-hydrogen) atoms. The molecular weight excluding hydrogens is 875 g/mol. The van der Waals surface area contributed by atoms with Crippen molar-refractivity contribution in [2.45, 2.75) is 25.9 Å². The predicted octanol–water partition coefficient (Wildman–Crippen LogP) is 11.5. The Hall–Kier alpha value is -5.12. The predicted molar refractivity (Wildman–Crippen MR) is 206 cm³/mol. The minimum atomic E-state index is -2.94. The van der Waals surface area contributed by atoms with Gasteiger partial charge in [-0.1, -0.05) is 35.3 Å². The monoisotopic (exact) mass is 900 g/mol. The van der Waals surface area contributed by atoms with E-state index in [-0.39, 0.29) is 48.2 Å². The lowest BCUT2D eigenvalue weighted by Crippen LogP contribution is -2.26. The van der Waals surface area contributed by atoms with Crippen LogP contribution in [-0.4, -0.2) is 36.2 Å². The third kappa shape index (κ3) is 9.37. The first-order valence-corrected chi connectivity index (χ1v) is 17.9. The van der Waals surface area contributed by atoms with Gasteiger partial charge in [-0.05, 0) is 88.7 Å². The number of hydrogen-bond acceptors (Lipinski definition) is 4. The Morgan fingerprint density at radius 1 is 0.579 bits per heavy atom. The SMILES string of the molecule is COc1ccc(Cl)c(-c2cc(Br)c(=O)n(CC(F)F)c2-c2c(F)cccc2F)c1.COc1ccc(Cl)c(-c2ccc(=O)n(CC(F)F)c2-c2c(F)cccc2F)c1. The third-order valence-electron chi connectivity index (χ3n) is 8.40. The largest absolute Gasteiger partial charge is 0.497 e. The molecule has 4 aromatic carbocycles. The standard InChI is InChI=1S/C20H13BrClF4NO2.C20H14ClF4NO2/c1-29-10-5-6-14(22)11(7-10)12-8-13(21)20(28)27(9-17(25)26)19(12)18-15(23)3-2-4-16(18)24;1-28-11-5-7-14(21)13(9-11)12-6-8-18(27)26(10-17(24)25)20(12)19-15(22)3-2-4-16(19)23/h2-8,17H,9H2,1H3;2-9,17H,10H2,1H3. The lowest BCUT2D eigenvalue weighted by Gasteiger charge is -2.20. The highest BCUT2D eigenvalue weighted by atomic mass is 79.9. The molecule has 298 valence electrons. The number of hydrogen-bond donors (Lipinski definition) is 0. The van der Waals surface area contributed by atoms with Crippen LogP contribution in [0.15, 0.2) is 105 Å². The highest BCUT2D eigenvalue weighted by molar-refractivity contribution is 9.10. The Morgan fingerprint density at radius 2 is 1.00 bits per heavy atom. The molecule has 2 aromatic heterocycles. The van der Waals surface area contributed by atoms with E-state index in [1.807, 2.05) is 0 Å². The summed E-state index contributed by atoms with van der Waals surface area (Å²) < 4.78 is 123. The smallest absolute Gasteiger partial charge is 0.265 e. The number of rotatable bonds is 10. The zero-order valence-corrected chi connectivity index (χ0v) is 32.5. The molecule has 0 atom stereocenters. The number of ether oxygens (including phenoxy) is 2. The van der Waals surface area contributed by atoms with Gasteiger partial charge < -0.3 is 18.6 Å². The molecule has 0 aliphatic rings. The van der Waals surface area contributed by atoms with Gasteiger partial charge in [0.25, 0.3) is 24.0 Å². The Morgan fingerprint density at radius 3 is 1.44 bits per heavy atom. The molecule has 17 heteroatoms. The number of aromatic nitrogens is 2. The van der Waals surface area contributed by atoms with E-state index in [1.54, 1.807) is 12.1 Å². The average Bonchev–Trinajstić information content (AvgIpc) is 3.16. The van der Waals surface area contributed by atoms with Gasteiger partial charge in [0.15, 0.2) is 0 Å². The van der Waals surface area contributed by atoms with E-state index in [1.165, 1.54) is 50.6 Å². The van der Waals surface area contributed by atoms with E-state index < -0.39 is 71.5 Å². The molecule has 0 bridgehead atoms. The quantitative estimate of drug-likeness (QED) is 0.129. The molecule has 0 aliphatic heterocycles. The summed E-state index contributed by atoms with van der Waals surface area (Å²) in [5.74, 6) is -3.22. The van der Waals surface area contributed by atoms with Gasteiger partial charge in [0.2, 0.25) is 0 Å². The summed E-state index contributed by atoms with van der Waals surface area (Å²) in [4.78, 5) is 24.9. The Balaban J connectivity index is 0.000000218. The molecule has 2 heterocycles. The number of benzene rings is 4. The van der Waals surface area contributed by atoms with E-state index in [2.05, 4.69) is 15.9 Å². The van der Waals surface area contributed by atoms with Crippen LogP contribution in [0, 0.1) is 23.3 Å². The van der Waals surface area contributed by atoms with Gasteiger partial charge in [0.1, 0.15) is 34.8 Å². The molecule has 0 amide bonds. The van der Waals surface area contributed by atoms with Crippen molar-refractivity contribution in [1.29, 1.82) is 0 Å². The van der Waals surface area contributed by atoms with Crippen molar-refractivity contribution in [3.05, 3.63) is 149 Å². The van der Waals surface area contributed by atoms with Gasteiger partial charge in [0, 0.05) is 38.4 Å². The first kappa shape index (κ1) is 43.0. The minimum absolute atomic E-state index is 0.0625. The van der Waals surface area contributed by atoms with Crippen LogP contribution in [0.3, 0.4) is 0 Å². The highest BCUT2D eigenvalue weighted by Crippen LogP contribution is 2.41. The number of methoxy groups -OCH3 is 2. The van der Waals surface area contributed by atoms with E-state index in [4.69, 9.17) is 32.7 Å². The van der Waals surface area contributed by atoms with Gasteiger partial charge in [0.05, 0.1) is 54.3 Å².